The van der Waals surface area contributed by atoms with Gasteiger partial charge >= 0.3 is 5.97 Å². The number of aromatic nitrogens is 1. The van der Waals surface area contributed by atoms with E-state index < -0.39 is 5.97 Å². The van der Waals surface area contributed by atoms with E-state index in [-0.39, 0.29) is 11.5 Å². The highest BCUT2D eigenvalue weighted by Crippen LogP contribution is 2.15. The van der Waals surface area contributed by atoms with Gasteiger partial charge in [0.05, 0.1) is 5.69 Å². The maximum absolute atomic E-state index is 10.4. The molecule has 1 rings (SSSR count). The Morgan fingerprint density at radius 1 is 1.58 bits per heavy atom. The molecule has 12 heavy (non-hydrogen) atoms. The zero-order valence-corrected chi connectivity index (χ0v) is 6.92. The van der Waals surface area contributed by atoms with Gasteiger partial charge in [0.15, 0.2) is 0 Å². The van der Waals surface area contributed by atoms with Gasteiger partial charge in [0, 0.05) is 0 Å². The third-order valence-electron chi connectivity index (χ3n) is 1.54. The molecule has 64 valence electrons. The van der Waals surface area contributed by atoms with E-state index in [1.54, 1.807) is 13.8 Å². The third-order valence-corrected chi connectivity index (χ3v) is 1.54. The Morgan fingerprint density at radius 3 is 2.50 bits per heavy atom. The number of aliphatic carboxylic acids is 1. The van der Waals surface area contributed by atoms with Crippen LogP contribution in [0, 0.1) is 13.8 Å². The van der Waals surface area contributed by atoms with Crippen molar-refractivity contribution in [3.63, 3.8) is 0 Å². The lowest BCUT2D eigenvalue weighted by Crippen LogP contribution is -1.97. The number of carboxylic acids is 1. The van der Waals surface area contributed by atoms with Crippen LogP contribution in [0.1, 0.15) is 17.3 Å². The molecule has 0 radical (unpaired) electrons. The molecule has 0 aliphatic rings. The van der Waals surface area contributed by atoms with Gasteiger partial charge in [-0.1, -0.05) is 6.58 Å². The standard InChI is InChI=1S/C8H9NO3/c1-4(8(10)11)7-9-5(2)6(3)12-7/h1H2,2-3H3,(H,10,11). The summed E-state index contributed by atoms with van der Waals surface area (Å²) in [6, 6.07) is 0. The lowest BCUT2D eigenvalue weighted by Gasteiger charge is -1.90. The van der Waals surface area contributed by atoms with E-state index in [9.17, 15) is 4.79 Å². The van der Waals surface area contributed by atoms with E-state index in [1.807, 2.05) is 0 Å². The summed E-state index contributed by atoms with van der Waals surface area (Å²) in [6.07, 6.45) is 0. The average molecular weight is 167 g/mol. The quantitative estimate of drug-likeness (QED) is 0.676. The molecule has 0 fully saturated rings. The Hall–Kier alpha value is -1.58. The van der Waals surface area contributed by atoms with Crippen molar-refractivity contribution in [1.29, 1.82) is 0 Å². The lowest BCUT2D eigenvalue weighted by molar-refractivity contribution is -0.130. The number of nitrogens with zero attached hydrogens (tertiary/aromatic N) is 1. The van der Waals surface area contributed by atoms with Crippen LogP contribution in [0.15, 0.2) is 11.0 Å². The summed E-state index contributed by atoms with van der Waals surface area (Å²) in [4.78, 5) is 14.3. The molecule has 0 aromatic carbocycles. The number of aryl methyl sites for hydroxylation is 2. The number of carboxylic acid groups (broad SMARTS) is 1. The Balaban J connectivity index is 3.05. The zero-order chi connectivity index (χ0) is 9.30. The number of hydrogen-bond acceptors (Lipinski definition) is 3. The molecule has 4 nitrogen and oxygen atoms in total. The summed E-state index contributed by atoms with van der Waals surface area (Å²) in [5.74, 6) is -0.416. The second-order valence-corrected chi connectivity index (χ2v) is 2.44. The van der Waals surface area contributed by atoms with Crippen LogP contribution >= 0.6 is 0 Å². The van der Waals surface area contributed by atoms with Crippen molar-refractivity contribution < 1.29 is 14.3 Å². The second kappa shape index (κ2) is 2.81. The highest BCUT2D eigenvalue weighted by Gasteiger charge is 2.14. The molecule has 0 bridgehead atoms. The fourth-order valence-corrected chi connectivity index (χ4v) is 0.693. The molecule has 1 aromatic heterocycles. The highest BCUT2D eigenvalue weighted by atomic mass is 16.4. The van der Waals surface area contributed by atoms with Crippen LogP contribution in [0.2, 0.25) is 0 Å². The molecule has 4 heteroatoms. The van der Waals surface area contributed by atoms with Gasteiger partial charge in [0.1, 0.15) is 11.3 Å². The first kappa shape index (κ1) is 8.52. The molecule has 0 unspecified atom stereocenters. The minimum atomic E-state index is -1.11. The van der Waals surface area contributed by atoms with Gasteiger partial charge in [-0.15, -0.1) is 0 Å². The molecule has 0 saturated carbocycles. The molecule has 0 aliphatic heterocycles. The molecule has 0 saturated heterocycles. The van der Waals surface area contributed by atoms with Crippen LogP contribution in [0.25, 0.3) is 5.57 Å². The smallest absolute Gasteiger partial charge is 0.340 e. The largest absolute Gasteiger partial charge is 0.478 e. The van der Waals surface area contributed by atoms with Gasteiger partial charge < -0.3 is 9.52 Å². The molecule has 0 aliphatic carbocycles. The molecule has 1 N–H and O–H groups in total. The van der Waals surface area contributed by atoms with Crippen LogP contribution in [0.4, 0.5) is 0 Å². The first-order valence-electron chi connectivity index (χ1n) is 3.39. The van der Waals surface area contributed by atoms with E-state index in [0.29, 0.717) is 11.5 Å². The van der Waals surface area contributed by atoms with Crippen LogP contribution in [0.5, 0.6) is 0 Å². The molecule has 1 aromatic rings. The normalized spacial score (nSPS) is 9.83. The fraction of sp³-hybridized carbons (Fsp3) is 0.250. The van der Waals surface area contributed by atoms with E-state index in [4.69, 9.17) is 9.52 Å². The number of oxazole rings is 1. The number of hydrogen-bond donors (Lipinski definition) is 1. The summed E-state index contributed by atoms with van der Waals surface area (Å²) in [5, 5.41) is 8.54. The first-order valence-corrected chi connectivity index (χ1v) is 3.39. The highest BCUT2D eigenvalue weighted by molar-refractivity contribution is 6.12. The predicted molar refractivity (Wildman–Crippen MR) is 42.6 cm³/mol. The minimum Gasteiger partial charge on any atom is -0.478 e. The molecule has 1 heterocycles. The van der Waals surface area contributed by atoms with Crippen molar-refractivity contribution in [1.82, 2.24) is 4.98 Å². The van der Waals surface area contributed by atoms with Crippen molar-refractivity contribution in [2.24, 2.45) is 0 Å². The van der Waals surface area contributed by atoms with Crippen molar-refractivity contribution in [3.05, 3.63) is 23.9 Å². The van der Waals surface area contributed by atoms with Gasteiger partial charge in [0.25, 0.3) is 0 Å². The second-order valence-electron chi connectivity index (χ2n) is 2.44. The summed E-state index contributed by atoms with van der Waals surface area (Å²) in [7, 11) is 0. The van der Waals surface area contributed by atoms with Crippen LogP contribution in [-0.2, 0) is 4.79 Å². The summed E-state index contributed by atoms with van der Waals surface area (Å²) < 4.78 is 5.05. The Morgan fingerprint density at radius 2 is 2.17 bits per heavy atom. The van der Waals surface area contributed by atoms with Crippen molar-refractivity contribution in [2.45, 2.75) is 13.8 Å². The van der Waals surface area contributed by atoms with Gasteiger partial charge in [-0.05, 0) is 13.8 Å². The van der Waals surface area contributed by atoms with Gasteiger partial charge in [-0.3, -0.25) is 0 Å². The van der Waals surface area contributed by atoms with Crippen molar-refractivity contribution in [2.75, 3.05) is 0 Å². The molecule has 0 atom stereocenters. The molecule has 0 spiro atoms. The summed E-state index contributed by atoms with van der Waals surface area (Å²) in [5.41, 5.74) is 0.568. The lowest BCUT2D eigenvalue weighted by atomic mass is 10.3. The third kappa shape index (κ3) is 1.37. The average Bonchev–Trinajstić information content (AvgIpc) is 2.30. The molecule has 0 amide bonds. The maximum atomic E-state index is 10.4. The van der Waals surface area contributed by atoms with Gasteiger partial charge in [-0.2, -0.15) is 0 Å². The topological polar surface area (TPSA) is 63.3 Å². The van der Waals surface area contributed by atoms with E-state index >= 15 is 0 Å². The number of rotatable bonds is 2. The monoisotopic (exact) mass is 167 g/mol. The first-order chi connectivity index (χ1) is 5.52. The molecular weight excluding hydrogens is 158 g/mol. The Bertz CT molecular complexity index is 319. The van der Waals surface area contributed by atoms with Crippen molar-refractivity contribution >= 4 is 11.5 Å². The maximum Gasteiger partial charge on any atom is 0.340 e. The summed E-state index contributed by atoms with van der Waals surface area (Å²) >= 11 is 0. The Kier molecular flexibility index (Phi) is 1.99. The zero-order valence-electron chi connectivity index (χ0n) is 6.92. The van der Waals surface area contributed by atoms with E-state index in [1.165, 1.54) is 0 Å². The predicted octanol–water partition coefficient (Wildman–Crippen LogP) is 1.39. The van der Waals surface area contributed by atoms with E-state index in [0.717, 1.165) is 0 Å². The van der Waals surface area contributed by atoms with Crippen molar-refractivity contribution in [3.8, 4) is 0 Å². The summed E-state index contributed by atoms with van der Waals surface area (Å²) in [6.45, 7) is 6.79. The van der Waals surface area contributed by atoms with Gasteiger partial charge in [0.2, 0.25) is 5.89 Å². The SMILES string of the molecule is C=C(C(=O)O)c1nc(C)c(C)o1. The van der Waals surface area contributed by atoms with Gasteiger partial charge in [-0.25, -0.2) is 9.78 Å². The van der Waals surface area contributed by atoms with Crippen LogP contribution in [0.3, 0.4) is 0 Å². The fourth-order valence-electron chi connectivity index (χ4n) is 0.693. The Labute approximate surface area is 69.5 Å². The van der Waals surface area contributed by atoms with Crippen LogP contribution in [-0.4, -0.2) is 16.1 Å². The van der Waals surface area contributed by atoms with Crippen LogP contribution < -0.4 is 0 Å². The molecular formula is C8H9NO3. The minimum absolute atomic E-state index is 0.0810. The number of carbonyl (C=O) groups is 1. The van der Waals surface area contributed by atoms with E-state index in [2.05, 4.69) is 11.6 Å².